The van der Waals surface area contributed by atoms with Gasteiger partial charge >= 0.3 is 12.0 Å². The average molecular weight is 295 g/mol. The van der Waals surface area contributed by atoms with Crippen LogP contribution in [0.5, 0.6) is 0 Å². The van der Waals surface area contributed by atoms with E-state index in [1.165, 1.54) is 0 Å². The fourth-order valence-corrected chi connectivity index (χ4v) is 2.42. The molecule has 116 valence electrons. The fraction of sp³-hybridized carbons (Fsp3) is 0.643. The molecule has 0 saturated carbocycles. The Kier molecular flexibility index (Phi) is 5.19. The first-order valence-corrected chi connectivity index (χ1v) is 7.31. The van der Waals surface area contributed by atoms with Crippen LogP contribution in [-0.4, -0.2) is 41.8 Å². The number of carbonyl (C=O) groups is 2. The molecular weight excluding hydrogens is 274 g/mol. The minimum atomic E-state index is -0.436. The van der Waals surface area contributed by atoms with E-state index in [0.717, 1.165) is 25.0 Å². The standard InChI is InChI=1S/C14H21N3O4/c1-3-10-8-12(21-16-10)11-6-5-7-17(11)14(19)15-9-13(18)20-4-2/h8,11H,3-7,9H2,1-2H3,(H,15,19). The third-order valence-corrected chi connectivity index (χ3v) is 3.47. The predicted molar refractivity (Wildman–Crippen MR) is 74.6 cm³/mol. The highest BCUT2D eigenvalue weighted by Crippen LogP contribution is 2.32. The molecule has 2 heterocycles. The maximum Gasteiger partial charge on any atom is 0.325 e. The summed E-state index contributed by atoms with van der Waals surface area (Å²) in [7, 11) is 0. The molecule has 1 aliphatic rings. The molecule has 1 unspecified atom stereocenters. The van der Waals surface area contributed by atoms with Gasteiger partial charge in [0.25, 0.3) is 0 Å². The van der Waals surface area contributed by atoms with Gasteiger partial charge in [0, 0.05) is 12.6 Å². The van der Waals surface area contributed by atoms with Crippen LogP contribution in [-0.2, 0) is 16.0 Å². The molecule has 0 bridgehead atoms. The summed E-state index contributed by atoms with van der Waals surface area (Å²) in [5.74, 6) is 0.269. The van der Waals surface area contributed by atoms with E-state index >= 15 is 0 Å². The zero-order valence-electron chi connectivity index (χ0n) is 12.4. The van der Waals surface area contributed by atoms with Crippen LogP contribution < -0.4 is 5.32 Å². The monoisotopic (exact) mass is 295 g/mol. The molecule has 1 saturated heterocycles. The molecule has 7 nitrogen and oxygen atoms in total. The van der Waals surface area contributed by atoms with Crippen molar-refractivity contribution in [3.63, 3.8) is 0 Å². The molecule has 0 aromatic carbocycles. The van der Waals surface area contributed by atoms with Gasteiger partial charge in [0.15, 0.2) is 5.76 Å². The van der Waals surface area contributed by atoms with Gasteiger partial charge in [-0.15, -0.1) is 0 Å². The van der Waals surface area contributed by atoms with E-state index in [9.17, 15) is 9.59 Å². The Balaban J connectivity index is 1.94. The molecule has 0 radical (unpaired) electrons. The lowest BCUT2D eigenvalue weighted by Gasteiger charge is -2.22. The van der Waals surface area contributed by atoms with E-state index in [1.54, 1.807) is 11.8 Å². The van der Waals surface area contributed by atoms with Crippen LogP contribution in [0.3, 0.4) is 0 Å². The zero-order valence-corrected chi connectivity index (χ0v) is 12.4. The van der Waals surface area contributed by atoms with Gasteiger partial charge in [0.1, 0.15) is 6.54 Å². The van der Waals surface area contributed by atoms with Crippen LogP contribution in [0.4, 0.5) is 4.79 Å². The number of hydrogen-bond donors (Lipinski definition) is 1. The van der Waals surface area contributed by atoms with Crippen LogP contribution in [0.2, 0.25) is 0 Å². The molecule has 1 fully saturated rings. The lowest BCUT2D eigenvalue weighted by Crippen LogP contribution is -2.41. The quantitative estimate of drug-likeness (QED) is 0.835. The second-order valence-corrected chi connectivity index (χ2v) is 4.89. The maximum atomic E-state index is 12.2. The van der Waals surface area contributed by atoms with Crippen molar-refractivity contribution in [2.45, 2.75) is 39.2 Å². The number of carbonyl (C=O) groups excluding carboxylic acids is 2. The highest BCUT2D eigenvalue weighted by atomic mass is 16.5. The van der Waals surface area contributed by atoms with E-state index in [0.29, 0.717) is 18.9 Å². The topological polar surface area (TPSA) is 84.7 Å². The van der Waals surface area contributed by atoms with Gasteiger partial charge < -0.3 is 19.5 Å². The van der Waals surface area contributed by atoms with Crippen molar-refractivity contribution < 1.29 is 18.8 Å². The molecule has 1 atom stereocenters. The molecule has 21 heavy (non-hydrogen) atoms. The third kappa shape index (κ3) is 3.74. The fourth-order valence-electron chi connectivity index (χ4n) is 2.42. The Bertz CT molecular complexity index is 500. The number of likely N-dealkylation sites (tertiary alicyclic amines) is 1. The Labute approximate surface area is 123 Å². The SMILES string of the molecule is CCOC(=O)CNC(=O)N1CCCC1c1cc(CC)no1. The minimum Gasteiger partial charge on any atom is -0.465 e. The smallest absolute Gasteiger partial charge is 0.325 e. The van der Waals surface area contributed by atoms with Crippen LogP contribution >= 0.6 is 0 Å². The van der Waals surface area contributed by atoms with E-state index < -0.39 is 5.97 Å². The van der Waals surface area contributed by atoms with Crippen LogP contribution in [0.15, 0.2) is 10.6 Å². The molecule has 7 heteroatoms. The van der Waals surface area contributed by atoms with E-state index in [1.807, 2.05) is 13.0 Å². The lowest BCUT2D eigenvalue weighted by molar-refractivity contribution is -0.141. The molecule has 1 aromatic rings. The van der Waals surface area contributed by atoms with E-state index in [4.69, 9.17) is 9.26 Å². The first kappa shape index (κ1) is 15.3. The number of nitrogens with one attached hydrogen (secondary N) is 1. The van der Waals surface area contributed by atoms with Crippen LogP contribution in [0.1, 0.15) is 44.2 Å². The zero-order chi connectivity index (χ0) is 15.2. The maximum absolute atomic E-state index is 12.2. The normalized spacial score (nSPS) is 17.8. The number of urea groups is 1. The van der Waals surface area contributed by atoms with Crippen molar-refractivity contribution in [2.24, 2.45) is 0 Å². The molecule has 2 amide bonds. The molecule has 0 aliphatic carbocycles. The van der Waals surface area contributed by atoms with Crippen molar-refractivity contribution in [1.29, 1.82) is 0 Å². The van der Waals surface area contributed by atoms with Gasteiger partial charge in [0.05, 0.1) is 18.3 Å². The summed E-state index contributed by atoms with van der Waals surface area (Å²) in [6.07, 6.45) is 2.54. The highest BCUT2D eigenvalue weighted by molar-refractivity contribution is 5.81. The lowest BCUT2D eigenvalue weighted by atomic mass is 10.1. The molecular formula is C14H21N3O4. The van der Waals surface area contributed by atoms with Gasteiger partial charge in [-0.3, -0.25) is 4.79 Å². The van der Waals surface area contributed by atoms with Gasteiger partial charge in [-0.2, -0.15) is 0 Å². The number of aryl methyl sites for hydroxylation is 1. The van der Waals surface area contributed by atoms with Crippen molar-refractivity contribution in [1.82, 2.24) is 15.4 Å². The summed E-state index contributed by atoms with van der Waals surface area (Å²) in [4.78, 5) is 25.1. The van der Waals surface area contributed by atoms with Gasteiger partial charge in [-0.25, -0.2) is 4.79 Å². The van der Waals surface area contributed by atoms with Crippen LogP contribution in [0, 0.1) is 0 Å². The summed E-state index contributed by atoms with van der Waals surface area (Å²) >= 11 is 0. The van der Waals surface area contributed by atoms with Gasteiger partial charge in [0.2, 0.25) is 0 Å². The Morgan fingerprint density at radius 3 is 3.00 bits per heavy atom. The minimum absolute atomic E-state index is 0.111. The second-order valence-electron chi connectivity index (χ2n) is 4.89. The number of nitrogens with zero attached hydrogens (tertiary/aromatic N) is 2. The third-order valence-electron chi connectivity index (χ3n) is 3.47. The predicted octanol–water partition coefficient (Wildman–Crippen LogP) is 1.65. The van der Waals surface area contributed by atoms with Crippen molar-refractivity contribution in [3.8, 4) is 0 Å². The highest BCUT2D eigenvalue weighted by Gasteiger charge is 2.32. The largest absolute Gasteiger partial charge is 0.465 e. The molecule has 1 aromatic heterocycles. The molecule has 2 rings (SSSR count). The number of rotatable bonds is 5. The van der Waals surface area contributed by atoms with E-state index in [-0.39, 0.29) is 18.6 Å². The second kappa shape index (κ2) is 7.10. The van der Waals surface area contributed by atoms with Gasteiger partial charge in [-0.1, -0.05) is 12.1 Å². The van der Waals surface area contributed by atoms with Gasteiger partial charge in [-0.05, 0) is 26.2 Å². The number of esters is 1. The molecule has 1 N–H and O–H groups in total. The van der Waals surface area contributed by atoms with Crippen molar-refractivity contribution in [3.05, 3.63) is 17.5 Å². The number of hydrogen-bond acceptors (Lipinski definition) is 5. The van der Waals surface area contributed by atoms with Crippen LogP contribution in [0.25, 0.3) is 0 Å². The van der Waals surface area contributed by atoms with Crippen molar-refractivity contribution >= 4 is 12.0 Å². The molecule has 1 aliphatic heterocycles. The first-order valence-electron chi connectivity index (χ1n) is 7.31. The Hall–Kier alpha value is -2.05. The summed E-state index contributed by atoms with van der Waals surface area (Å²) in [6, 6.07) is 1.50. The van der Waals surface area contributed by atoms with Crippen molar-refractivity contribution in [2.75, 3.05) is 19.7 Å². The number of ether oxygens (including phenoxy) is 1. The Morgan fingerprint density at radius 1 is 1.52 bits per heavy atom. The first-order chi connectivity index (χ1) is 10.2. The number of amides is 2. The summed E-state index contributed by atoms with van der Waals surface area (Å²) in [6.45, 7) is 4.55. The molecule has 0 spiro atoms. The Morgan fingerprint density at radius 2 is 2.33 bits per heavy atom. The summed E-state index contributed by atoms with van der Waals surface area (Å²) in [5.41, 5.74) is 0.879. The number of aromatic nitrogens is 1. The van der Waals surface area contributed by atoms with E-state index in [2.05, 4.69) is 10.5 Å². The summed E-state index contributed by atoms with van der Waals surface area (Å²) < 4.78 is 10.1. The average Bonchev–Trinajstić information content (AvgIpc) is 3.12. The summed E-state index contributed by atoms with van der Waals surface area (Å²) in [5, 5.41) is 6.54.